The van der Waals surface area contributed by atoms with Crippen molar-refractivity contribution in [2.24, 2.45) is 11.3 Å². The molecule has 0 spiro atoms. The van der Waals surface area contributed by atoms with Crippen LogP contribution in [0.15, 0.2) is 53.4 Å². The number of carboxylic acid groups (broad SMARTS) is 1. The number of carbonyl (C=O) groups excluding carboxylic acids is 1. The SMILES string of the molecule is COC(=O)Nc1cc(S(=O)(=O)N(CC(C)C)C([C@H](OCOCC[Si](C)(C)C)[C@H](Cc2ccccc2)NC(=O)O)C(C)(C)C)ccc1OCOCC[Si](C)(C)C. The molecule has 0 fully saturated rings. The molecule has 0 saturated carbocycles. The summed E-state index contributed by atoms with van der Waals surface area (Å²) < 4.78 is 60.4. The number of hydrogen-bond acceptors (Lipinski definition) is 9. The standard InChI is InChI=1S/C39H67N3O10SSi2/c1-29(2)26-42(53(46,47)31-18-19-34(32(25-31)41-38(45)48-6)51-27-49-20-22-54(7,8)9)36(39(3,4)5)35(52-28-50-21-23-55(10,11)12)33(40-37(43)44)24-30-16-14-13-15-17-30/h13-19,25,29,33,35-36,40H,20-24,26-28H2,1-12H3,(H,41,45)(H,43,44)/t33-,35+,36?/m0/s1. The van der Waals surface area contributed by atoms with E-state index in [0.717, 1.165) is 17.7 Å². The fourth-order valence-electron chi connectivity index (χ4n) is 5.81. The highest BCUT2D eigenvalue weighted by molar-refractivity contribution is 7.89. The van der Waals surface area contributed by atoms with E-state index in [1.54, 1.807) is 0 Å². The molecule has 2 rings (SSSR count). The molecule has 2 aromatic carbocycles. The molecule has 0 radical (unpaired) electrons. The normalized spacial score (nSPS) is 14.4. The molecule has 0 bridgehead atoms. The fourth-order valence-corrected chi connectivity index (χ4v) is 9.33. The van der Waals surface area contributed by atoms with Crippen LogP contribution in [0.1, 0.15) is 40.2 Å². The summed E-state index contributed by atoms with van der Waals surface area (Å²) in [5.41, 5.74) is 0.138. The zero-order valence-electron chi connectivity index (χ0n) is 35.1. The molecule has 0 saturated heterocycles. The molecule has 1 unspecified atom stereocenters. The van der Waals surface area contributed by atoms with Gasteiger partial charge in [-0.1, -0.05) is 104 Å². The number of anilines is 1. The monoisotopic (exact) mass is 825 g/mol. The highest BCUT2D eigenvalue weighted by Gasteiger charge is 2.47. The third kappa shape index (κ3) is 17.4. The molecular formula is C39H67N3O10SSi2. The minimum Gasteiger partial charge on any atom is -0.465 e. The van der Waals surface area contributed by atoms with E-state index in [4.69, 9.17) is 23.7 Å². The van der Waals surface area contributed by atoms with Crippen molar-refractivity contribution >= 4 is 44.0 Å². The second-order valence-electron chi connectivity index (χ2n) is 17.7. The Kier molecular flexibility index (Phi) is 18.8. The van der Waals surface area contributed by atoms with Crippen molar-refractivity contribution < 1.29 is 46.8 Å². The number of ether oxygens (including phenoxy) is 5. The molecule has 16 heteroatoms. The van der Waals surface area contributed by atoms with E-state index in [1.807, 2.05) is 65.0 Å². The lowest BCUT2D eigenvalue weighted by molar-refractivity contribution is -0.128. The Morgan fingerprint density at radius 2 is 1.47 bits per heavy atom. The molecule has 2 aromatic rings. The molecule has 0 heterocycles. The van der Waals surface area contributed by atoms with Gasteiger partial charge < -0.3 is 34.1 Å². The fraction of sp³-hybridized carbons (Fsp3) is 0.641. The van der Waals surface area contributed by atoms with Gasteiger partial charge in [0.15, 0.2) is 6.79 Å². The van der Waals surface area contributed by atoms with E-state index in [9.17, 15) is 14.7 Å². The van der Waals surface area contributed by atoms with Crippen LogP contribution in [0.2, 0.25) is 51.4 Å². The number of benzene rings is 2. The topological polar surface area (TPSA) is 162 Å². The molecule has 312 valence electrons. The van der Waals surface area contributed by atoms with Crippen LogP contribution in [0.3, 0.4) is 0 Å². The van der Waals surface area contributed by atoms with E-state index in [2.05, 4.69) is 49.9 Å². The largest absolute Gasteiger partial charge is 0.465 e. The minimum absolute atomic E-state index is 0.0781. The molecule has 3 atom stereocenters. The van der Waals surface area contributed by atoms with Crippen molar-refractivity contribution in [1.82, 2.24) is 9.62 Å². The van der Waals surface area contributed by atoms with Crippen molar-refractivity contribution in [3.63, 3.8) is 0 Å². The predicted octanol–water partition coefficient (Wildman–Crippen LogP) is 8.19. The number of methoxy groups -OCH3 is 1. The summed E-state index contributed by atoms with van der Waals surface area (Å²) in [5, 5.41) is 15.3. The van der Waals surface area contributed by atoms with Crippen LogP contribution in [0.25, 0.3) is 0 Å². The molecule has 0 aliphatic heterocycles. The van der Waals surface area contributed by atoms with Crippen molar-refractivity contribution in [3.8, 4) is 5.75 Å². The maximum absolute atomic E-state index is 15.1. The summed E-state index contributed by atoms with van der Waals surface area (Å²) in [5.74, 6) is 0.0576. The van der Waals surface area contributed by atoms with Gasteiger partial charge in [-0.05, 0) is 53.6 Å². The van der Waals surface area contributed by atoms with Crippen LogP contribution in [-0.2, 0) is 35.4 Å². The minimum atomic E-state index is -4.37. The van der Waals surface area contributed by atoms with Crippen LogP contribution < -0.4 is 15.4 Å². The van der Waals surface area contributed by atoms with Crippen molar-refractivity contribution in [2.75, 3.05) is 45.8 Å². The summed E-state index contributed by atoms with van der Waals surface area (Å²) in [4.78, 5) is 24.7. The van der Waals surface area contributed by atoms with Crippen molar-refractivity contribution in [1.29, 1.82) is 0 Å². The predicted molar refractivity (Wildman–Crippen MR) is 223 cm³/mol. The average molecular weight is 826 g/mol. The third-order valence-corrected chi connectivity index (χ3v) is 13.9. The average Bonchev–Trinajstić information content (AvgIpc) is 3.05. The Bertz CT molecular complexity index is 1590. The van der Waals surface area contributed by atoms with Gasteiger partial charge >= 0.3 is 12.2 Å². The Morgan fingerprint density at radius 3 is 1.98 bits per heavy atom. The molecule has 55 heavy (non-hydrogen) atoms. The lowest BCUT2D eigenvalue weighted by Gasteiger charge is -2.46. The Labute approximate surface area is 331 Å². The van der Waals surface area contributed by atoms with Crippen LogP contribution in [0.5, 0.6) is 5.75 Å². The van der Waals surface area contributed by atoms with Gasteiger partial charge in [-0.2, -0.15) is 4.31 Å². The van der Waals surface area contributed by atoms with Gasteiger partial charge in [0.2, 0.25) is 10.0 Å². The molecule has 13 nitrogen and oxygen atoms in total. The molecule has 0 aromatic heterocycles. The molecule has 0 aliphatic rings. The van der Waals surface area contributed by atoms with Crippen LogP contribution >= 0.6 is 0 Å². The van der Waals surface area contributed by atoms with Gasteiger partial charge in [0.25, 0.3) is 0 Å². The van der Waals surface area contributed by atoms with Gasteiger partial charge in [0.1, 0.15) is 12.5 Å². The first-order chi connectivity index (χ1) is 25.4. The van der Waals surface area contributed by atoms with E-state index in [-0.39, 0.29) is 48.8 Å². The maximum atomic E-state index is 15.1. The number of amides is 2. The summed E-state index contributed by atoms with van der Waals surface area (Å²) in [6, 6.07) is 13.7. The highest BCUT2D eigenvalue weighted by atomic mass is 32.2. The van der Waals surface area contributed by atoms with Crippen LogP contribution in [-0.4, -0.2) is 105 Å². The van der Waals surface area contributed by atoms with Gasteiger partial charge in [0.05, 0.1) is 35.9 Å². The Hall–Kier alpha value is -3.00. The van der Waals surface area contributed by atoms with E-state index in [1.165, 1.54) is 29.6 Å². The first-order valence-electron chi connectivity index (χ1n) is 18.9. The quantitative estimate of drug-likeness (QED) is 0.0566. The number of rotatable bonds is 23. The van der Waals surface area contributed by atoms with Gasteiger partial charge in [-0.15, -0.1) is 0 Å². The van der Waals surface area contributed by atoms with Crippen LogP contribution in [0.4, 0.5) is 15.3 Å². The zero-order valence-corrected chi connectivity index (χ0v) is 37.9. The van der Waals surface area contributed by atoms with E-state index < -0.39 is 62.0 Å². The summed E-state index contributed by atoms with van der Waals surface area (Å²) in [6.07, 6.45) is -2.84. The Balaban J connectivity index is 2.71. The molecular weight excluding hydrogens is 759 g/mol. The lowest BCUT2D eigenvalue weighted by atomic mass is 9.79. The van der Waals surface area contributed by atoms with Crippen molar-refractivity contribution in [3.05, 3.63) is 54.1 Å². The summed E-state index contributed by atoms with van der Waals surface area (Å²) in [7, 11) is -5.92. The van der Waals surface area contributed by atoms with Crippen molar-refractivity contribution in [2.45, 2.75) is 115 Å². The maximum Gasteiger partial charge on any atom is 0.411 e. The summed E-state index contributed by atoms with van der Waals surface area (Å²) in [6.45, 7) is 23.8. The second kappa shape index (κ2) is 21.5. The number of nitrogens with zero attached hydrogens (tertiary/aromatic N) is 1. The first-order valence-corrected chi connectivity index (χ1v) is 27.7. The van der Waals surface area contributed by atoms with E-state index >= 15 is 8.42 Å². The second-order valence-corrected chi connectivity index (χ2v) is 30.9. The van der Waals surface area contributed by atoms with E-state index in [0.29, 0.717) is 13.2 Å². The lowest BCUT2D eigenvalue weighted by Crippen LogP contribution is -2.62. The third-order valence-electron chi connectivity index (χ3n) is 8.67. The number of nitrogens with one attached hydrogen (secondary N) is 2. The van der Waals surface area contributed by atoms with Gasteiger partial charge in [-0.3, -0.25) is 5.32 Å². The number of sulfonamides is 1. The zero-order chi connectivity index (χ0) is 41.6. The van der Waals surface area contributed by atoms with Gasteiger partial charge in [-0.25, -0.2) is 18.0 Å². The smallest absolute Gasteiger partial charge is 0.411 e. The highest BCUT2D eigenvalue weighted by Crippen LogP contribution is 2.37. The van der Waals surface area contributed by atoms with Gasteiger partial charge in [0, 0.05) is 35.9 Å². The molecule has 3 N–H and O–H groups in total. The summed E-state index contributed by atoms with van der Waals surface area (Å²) >= 11 is 0. The number of carbonyl (C=O) groups is 2. The Morgan fingerprint density at radius 1 is 0.891 bits per heavy atom. The molecule has 2 amide bonds. The van der Waals surface area contributed by atoms with Crippen LogP contribution in [0, 0.1) is 11.3 Å². The molecule has 0 aliphatic carbocycles. The number of hydrogen-bond donors (Lipinski definition) is 3. The first kappa shape index (κ1) is 48.2.